The van der Waals surface area contributed by atoms with Crippen molar-refractivity contribution in [3.05, 3.63) is 70.4 Å². The van der Waals surface area contributed by atoms with Gasteiger partial charge in [-0.2, -0.15) is 0 Å². The fraction of sp³-hybridized carbons (Fsp3) is 0.111. The lowest BCUT2D eigenvalue weighted by Crippen LogP contribution is -2.27. The second-order valence-corrected chi connectivity index (χ2v) is 6.76. The van der Waals surface area contributed by atoms with Gasteiger partial charge in [-0.1, -0.05) is 55.2 Å². The number of nitrogens with zero attached hydrogens (tertiary/aromatic N) is 1. The molecule has 2 nitrogen and oxygen atoms in total. The number of hydrogen-bond donors (Lipinski definition) is 0. The Kier molecular flexibility index (Phi) is 4.59. The SMILES string of the molecule is CCc1ccc(N2C(=O)/C(=C/c3ccc(F)cc3)SC2=S)cc1. The normalized spacial score (nSPS) is 16.4. The second kappa shape index (κ2) is 6.64. The van der Waals surface area contributed by atoms with E-state index in [1.165, 1.54) is 34.4 Å². The Morgan fingerprint density at radius 2 is 1.78 bits per heavy atom. The number of hydrogen-bond acceptors (Lipinski definition) is 3. The van der Waals surface area contributed by atoms with Crippen molar-refractivity contribution in [1.82, 2.24) is 0 Å². The van der Waals surface area contributed by atoms with Crippen molar-refractivity contribution in [2.24, 2.45) is 0 Å². The van der Waals surface area contributed by atoms with E-state index in [4.69, 9.17) is 12.2 Å². The van der Waals surface area contributed by atoms with Gasteiger partial charge in [0.15, 0.2) is 4.32 Å². The van der Waals surface area contributed by atoms with Crippen LogP contribution in [0.4, 0.5) is 10.1 Å². The lowest BCUT2D eigenvalue weighted by atomic mass is 10.1. The summed E-state index contributed by atoms with van der Waals surface area (Å²) >= 11 is 6.60. The van der Waals surface area contributed by atoms with Crippen LogP contribution in [0.25, 0.3) is 6.08 Å². The van der Waals surface area contributed by atoms with Crippen molar-refractivity contribution in [2.45, 2.75) is 13.3 Å². The summed E-state index contributed by atoms with van der Waals surface area (Å²) in [6.45, 7) is 2.08. The van der Waals surface area contributed by atoms with Gasteiger partial charge in [0, 0.05) is 0 Å². The number of amides is 1. The third kappa shape index (κ3) is 3.35. The third-order valence-corrected chi connectivity index (χ3v) is 4.87. The van der Waals surface area contributed by atoms with Gasteiger partial charge >= 0.3 is 0 Å². The Labute approximate surface area is 144 Å². The predicted molar refractivity (Wildman–Crippen MR) is 97.9 cm³/mol. The average molecular weight is 343 g/mol. The molecule has 1 amide bonds. The molecule has 23 heavy (non-hydrogen) atoms. The van der Waals surface area contributed by atoms with Crippen LogP contribution in [0, 0.1) is 5.82 Å². The van der Waals surface area contributed by atoms with Crippen molar-refractivity contribution in [2.75, 3.05) is 4.90 Å². The zero-order valence-electron chi connectivity index (χ0n) is 12.5. The van der Waals surface area contributed by atoms with E-state index < -0.39 is 0 Å². The quantitative estimate of drug-likeness (QED) is 0.590. The van der Waals surface area contributed by atoms with Gasteiger partial charge in [-0.15, -0.1) is 0 Å². The first kappa shape index (κ1) is 15.9. The number of thiocarbonyl (C=S) groups is 1. The van der Waals surface area contributed by atoms with Gasteiger partial charge in [0.1, 0.15) is 5.82 Å². The lowest BCUT2D eigenvalue weighted by Gasteiger charge is -2.14. The number of rotatable bonds is 3. The fourth-order valence-electron chi connectivity index (χ4n) is 2.28. The predicted octanol–water partition coefficient (Wildman–Crippen LogP) is 4.79. The molecular formula is C18H14FNOS2. The van der Waals surface area contributed by atoms with Crippen LogP contribution >= 0.6 is 24.0 Å². The largest absolute Gasteiger partial charge is 0.270 e. The Balaban J connectivity index is 1.88. The number of benzene rings is 2. The minimum Gasteiger partial charge on any atom is -0.268 e. The topological polar surface area (TPSA) is 20.3 Å². The van der Waals surface area contributed by atoms with Crippen molar-refractivity contribution in [3.63, 3.8) is 0 Å². The van der Waals surface area contributed by atoms with Crippen molar-refractivity contribution >= 4 is 46.0 Å². The maximum absolute atomic E-state index is 13.0. The summed E-state index contributed by atoms with van der Waals surface area (Å²) in [4.78, 5) is 14.7. The molecule has 1 fully saturated rings. The minimum absolute atomic E-state index is 0.145. The van der Waals surface area contributed by atoms with Gasteiger partial charge in [-0.25, -0.2) is 4.39 Å². The highest BCUT2D eigenvalue weighted by atomic mass is 32.2. The molecule has 0 atom stereocenters. The smallest absolute Gasteiger partial charge is 0.268 e. The van der Waals surface area contributed by atoms with Crippen LogP contribution in [-0.4, -0.2) is 10.2 Å². The highest BCUT2D eigenvalue weighted by Gasteiger charge is 2.33. The molecule has 0 aromatic heterocycles. The summed E-state index contributed by atoms with van der Waals surface area (Å²) < 4.78 is 13.5. The first-order chi connectivity index (χ1) is 11.1. The van der Waals surface area contributed by atoms with Crippen molar-refractivity contribution in [3.8, 4) is 0 Å². The van der Waals surface area contributed by atoms with Gasteiger partial charge in [-0.05, 0) is 47.9 Å². The van der Waals surface area contributed by atoms with E-state index in [1.807, 2.05) is 24.3 Å². The van der Waals surface area contributed by atoms with Gasteiger partial charge in [-0.3, -0.25) is 9.69 Å². The standard InChI is InChI=1S/C18H14FNOS2/c1-2-12-5-9-15(10-6-12)20-17(21)16(23-18(20)22)11-13-3-7-14(19)8-4-13/h3-11H,2H2,1H3/b16-11-. The molecule has 0 bridgehead atoms. The summed E-state index contributed by atoms with van der Waals surface area (Å²) in [6.07, 6.45) is 2.68. The fourth-order valence-corrected chi connectivity index (χ4v) is 3.58. The van der Waals surface area contributed by atoms with E-state index in [2.05, 4.69) is 6.92 Å². The first-order valence-corrected chi connectivity index (χ1v) is 8.43. The molecule has 2 aromatic carbocycles. The maximum atomic E-state index is 13.0. The van der Waals surface area contributed by atoms with Gasteiger partial charge < -0.3 is 0 Å². The summed E-state index contributed by atoms with van der Waals surface area (Å²) in [7, 11) is 0. The molecule has 116 valence electrons. The van der Waals surface area contributed by atoms with Gasteiger partial charge in [0.2, 0.25) is 0 Å². The molecule has 0 unspecified atom stereocenters. The molecule has 0 saturated carbocycles. The second-order valence-electron chi connectivity index (χ2n) is 5.09. The number of aryl methyl sites for hydroxylation is 1. The maximum Gasteiger partial charge on any atom is 0.270 e. The van der Waals surface area contributed by atoms with Crippen LogP contribution in [0.5, 0.6) is 0 Å². The van der Waals surface area contributed by atoms with E-state index in [0.717, 1.165) is 17.7 Å². The lowest BCUT2D eigenvalue weighted by molar-refractivity contribution is -0.113. The number of halogens is 1. The number of carbonyl (C=O) groups excluding carboxylic acids is 1. The van der Waals surface area contributed by atoms with E-state index in [1.54, 1.807) is 18.2 Å². The van der Waals surface area contributed by atoms with Crippen molar-refractivity contribution < 1.29 is 9.18 Å². The Morgan fingerprint density at radius 3 is 2.39 bits per heavy atom. The summed E-state index contributed by atoms with van der Waals surface area (Å²) in [5.41, 5.74) is 2.75. The zero-order valence-corrected chi connectivity index (χ0v) is 14.1. The Morgan fingerprint density at radius 1 is 1.13 bits per heavy atom. The minimum atomic E-state index is -0.300. The Bertz CT molecular complexity index is 782. The molecule has 0 radical (unpaired) electrons. The molecule has 1 aliphatic heterocycles. The van der Waals surface area contributed by atoms with Crippen LogP contribution in [0.1, 0.15) is 18.1 Å². The summed E-state index contributed by atoms with van der Waals surface area (Å²) in [6, 6.07) is 13.8. The molecular weight excluding hydrogens is 329 g/mol. The molecule has 1 aliphatic rings. The Hall–Kier alpha value is -1.98. The molecule has 3 rings (SSSR count). The highest BCUT2D eigenvalue weighted by molar-refractivity contribution is 8.27. The van der Waals surface area contributed by atoms with Crippen molar-refractivity contribution in [1.29, 1.82) is 0 Å². The summed E-state index contributed by atoms with van der Waals surface area (Å²) in [5, 5.41) is 0. The van der Waals surface area contributed by atoms with Crippen LogP contribution in [0.15, 0.2) is 53.4 Å². The van der Waals surface area contributed by atoms with E-state index in [9.17, 15) is 9.18 Å². The average Bonchev–Trinajstić information content (AvgIpc) is 2.84. The van der Waals surface area contributed by atoms with Gasteiger partial charge in [0.25, 0.3) is 5.91 Å². The van der Waals surface area contributed by atoms with Crippen LogP contribution in [0.2, 0.25) is 0 Å². The molecule has 5 heteroatoms. The monoisotopic (exact) mass is 343 g/mol. The van der Waals surface area contributed by atoms with Crippen LogP contribution < -0.4 is 4.90 Å². The molecule has 2 aromatic rings. The van der Waals surface area contributed by atoms with Gasteiger partial charge in [0.05, 0.1) is 10.6 Å². The molecule has 0 spiro atoms. The number of anilines is 1. The third-order valence-electron chi connectivity index (χ3n) is 3.56. The van der Waals surface area contributed by atoms with E-state index >= 15 is 0 Å². The number of thioether (sulfide) groups is 1. The van der Waals surface area contributed by atoms with Crippen LogP contribution in [0.3, 0.4) is 0 Å². The number of carbonyl (C=O) groups is 1. The molecule has 0 aliphatic carbocycles. The van der Waals surface area contributed by atoms with E-state index in [-0.39, 0.29) is 11.7 Å². The molecule has 1 saturated heterocycles. The zero-order chi connectivity index (χ0) is 16.4. The molecule has 0 N–H and O–H groups in total. The first-order valence-electron chi connectivity index (χ1n) is 7.21. The summed E-state index contributed by atoms with van der Waals surface area (Å²) in [5.74, 6) is -0.445. The highest BCUT2D eigenvalue weighted by Crippen LogP contribution is 2.36. The molecule has 1 heterocycles. The van der Waals surface area contributed by atoms with E-state index in [0.29, 0.717) is 9.23 Å². The van der Waals surface area contributed by atoms with Crippen LogP contribution in [-0.2, 0) is 11.2 Å².